The number of hydrogen-bond acceptors (Lipinski definition) is 3. The minimum atomic E-state index is -0.461. The van der Waals surface area contributed by atoms with Crippen molar-refractivity contribution in [2.45, 2.75) is 85.6 Å². The lowest BCUT2D eigenvalue weighted by Gasteiger charge is -2.32. The van der Waals surface area contributed by atoms with Gasteiger partial charge >= 0.3 is 6.03 Å². The van der Waals surface area contributed by atoms with Crippen LogP contribution in [0, 0.1) is 6.92 Å². The number of benzene rings is 3. The van der Waals surface area contributed by atoms with Gasteiger partial charge in [0.25, 0.3) is 5.56 Å². The second-order valence-corrected chi connectivity index (χ2v) is 11.5. The summed E-state index contributed by atoms with van der Waals surface area (Å²) >= 11 is 0. The Labute approximate surface area is 244 Å². The first-order valence-electron chi connectivity index (χ1n) is 14.9. The maximum absolute atomic E-state index is 14.2. The van der Waals surface area contributed by atoms with E-state index < -0.39 is 6.04 Å². The van der Waals surface area contributed by atoms with E-state index in [1.807, 2.05) is 67.3 Å². The molecule has 1 aromatic heterocycles. The Hall–Kier alpha value is -3.93. The summed E-state index contributed by atoms with van der Waals surface area (Å²) in [5, 5.41) is 3.87. The Morgan fingerprint density at radius 3 is 2.15 bits per heavy atom. The highest BCUT2D eigenvalue weighted by molar-refractivity contribution is 5.92. The van der Waals surface area contributed by atoms with E-state index in [4.69, 9.17) is 4.98 Å². The Morgan fingerprint density at radius 2 is 1.51 bits per heavy atom. The van der Waals surface area contributed by atoms with Gasteiger partial charge in [-0.2, -0.15) is 0 Å². The van der Waals surface area contributed by atoms with E-state index in [1.54, 1.807) is 4.57 Å². The molecule has 2 amide bonds. The van der Waals surface area contributed by atoms with Crippen molar-refractivity contribution >= 4 is 22.6 Å². The highest BCUT2D eigenvalue weighted by Crippen LogP contribution is 2.33. The highest BCUT2D eigenvalue weighted by Gasteiger charge is 2.28. The largest absolute Gasteiger partial charge is 0.322 e. The molecule has 0 saturated carbocycles. The van der Waals surface area contributed by atoms with Gasteiger partial charge in [-0.05, 0) is 67.0 Å². The molecule has 1 unspecified atom stereocenters. The summed E-state index contributed by atoms with van der Waals surface area (Å²) in [5.74, 6) is 1.06. The number of carbonyl (C=O) groups excluding carboxylic acids is 1. The molecule has 0 aliphatic heterocycles. The summed E-state index contributed by atoms with van der Waals surface area (Å²) in [5.41, 5.74) is 5.36. The first-order valence-corrected chi connectivity index (χ1v) is 14.9. The Kier molecular flexibility index (Phi) is 9.64. The molecule has 4 rings (SSSR count). The number of aryl methyl sites for hydroxylation is 1. The smallest absolute Gasteiger partial charge is 0.315 e. The molecule has 4 aromatic rings. The molecule has 1 N–H and O–H groups in total. The van der Waals surface area contributed by atoms with Gasteiger partial charge < -0.3 is 10.2 Å². The van der Waals surface area contributed by atoms with E-state index in [1.165, 1.54) is 0 Å². The topological polar surface area (TPSA) is 67.2 Å². The number of rotatable bonds is 10. The first-order chi connectivity index (χ1) is 19.6. The van der Waals surface area contributed by atoms with Gasteiger partial charge in [0.2, 0.25) is 0 Å². The molecule has 0 spiro atoms. The number of carbonyl (C=O) groups is 1. The second kappa shape index (κ2) is 13.2. The summed E-state index contributed by atoms with van der Waals surface area (Å²) in [4.78, 5) is 35.1. The normalized spacial score (nSPS) is 12.2. The zero-order valence-electron chi connectivity index (χ0n) is 25.6. The van der Waals surface area contributed by atoms with E-state index in [9.17, 15) is 9.59 Å². The fourth-order valence-corrected chi connectivity index (χ4v) is 5.49. The van der Waals surface area contributed by atoms with Crippen LogP contribution in [0.1, 0.15) is 101 Å². The number of fused-ring (bicyclic) bond motifs is 1. The molecule has 0 aliphatic carbocycles. The summed E-state index contributed by atoms with van der Waals surface area (Å²) in [7, 11) is 0. The number of urea groups is 1. The predicted molar refractivity (Wildman–Crippen MR) is 170 cm³/mol. The highest BCUT2D eigenvalue weighted by atomic mass is 16.2. The quantitative estimate of drug-likeness (QED) is 0.200. The monoisotopic (exact) mass is 552 g/mol. The minimum Gasteiger partial charge on any atom is -0.315 e. The van der Waals surface area contributed by atoms with Crippen molar-refractivity contribution in [2.75, 3.05) is 11.9 Å². The van der Waals surface area contributed by atoms with E-state index in [0.29, 0.717) is 23.3 Å². The Morgan fingerprint density at radius 1 is 0.878 bits per heavy atom. The third-order valence-electron chi connectivity index (χ3n) is 7.87. The van der Waals surface area contributed by atoms with Crippen LogP contribution in [0.3, 0.4) is 0 Å². The molecule has 0 fully saturated rings. The third kappa shape index (κ3) is 6.37. The van der Waals surface area contributed by atoms with E-state index >= 15 is 0 Å². The van der Waals surface area contributed by atoms with Crippen LogP contribution in [0.15, 0.2) is 71.5 Å². The van der Waals surface area contributed by atoms with Crippen LogP contribution in [0.25, 0.3) is 16.6 Å². The van der Waals surface area contributed by atoms with Gasteiger partial charge in [-0.15, -0.1) is 0 Å². The van der Waals surface area contributed by atoms with Crippen LogP contribution >= 0.6 is 0 Å². The predicted octanol–water partition coefficient (Wildman–Crippen LogP) is 8.73. The SMILES string of the molecule is CCCCCN(C(=O)Nc1c(C(C)C)cccc1C(C)C)C(C)c1nc2ccccc2c(=O)n1-c1ccccc1C. The second-order valence-electron chi connectivity index (χ2n) is 11.5. The van der Waals surface area contributed by atoms with E-state index in [2.05, 4.69) is 58.1 Å². The van der Waals surface area contributed by atoms with Crippen molar-refractivity contribution in [1.29, 1.82) is 0 Å². The van der Waals surface area contributed by atoms with Gasteiger partial charge in [-0.1, -0.05) is 96.0 Å². The minimum absolute atomic E-state index is 0.132. The number of hydrogen-bond donors (Lipinski definition) is 1. The van der Waals surface area contributed by atoms with E-state index in [0.717, 1.165) is 47.3 Å². The van der Waals surface area contributed by atoms with Crippen LogP contribution in [0.5, 0.6) is 0 Å². The summed E-state index contributed by atoms with van der Waals surface area (Å²) in [6.45, 7) is 15.3. The molecule has 1 heterocycles. The molecule has 0 saturated heterocycles. The maximum Gasteiger partial charge on any atom is 0.322 e. The average Bonchev–Trinajstić information content (AvgIpc) is 2.95. The Balaban J connectivity index is 1.86. The first kappa shape index (κ1) is 30.0. The van der Waals surface area contributed by atoms with Crippen molar-refractivity contribution in [3.8, 4) is 5.69 Å². The number of amides is 2. The lowest BCUT2D eigenvalue weighted by atomic mass is 9.92. The summed E-state index contributed by atoms with van der Waals surface area (Å²) < 4.78 is 1.70. The number of nitrogens with one attached hydrogen (secondary N) is 1. The van der Waals surface area contributed by atoms with Gasteiger partial charge in [0, 0.05) is 12.2 Å². The van der Waals surface area contributed by atoms with Gasteiger partial charge in [0.05, 0.1) is 22.6 Å². The van der Waals surface area contributed by atoms with Gasteiger partial charge in [-0.3, -0.25) is 9.36 Å². The van der Waals surface area contributed by atoms with Crippen LogP contribution < -0.4 is 10.9 Å². The summed E-state index contributed by atoms with van der Waals surface area (Å²) in [6, 6.07) is 20.9. The zero-order valence-corrected chi connectivity index (χ0v) is 25.6. The molecule has 6 heteroatoms. The van der Waals surface area contributed by atoms with Crippen molar-refractivity contribution in [1.82, 2.24) is 14.5 Å². The third-order valence-corrected chi connectivity index (χ3v) is 7.87. The molecule has 0 bridgehead atoms. The maximum atomic E-state index is 14.2. The number of unbranched alkanes of at least 4 members (excludes halogenated alkanes) is 2. The van der Waals surface area contributed by atoms with Crippen LogP contribution in [-0.2, 0) is 0 Å². The van der Waals surface area contributed by atoms with Gasteiger partial charge in [-0.25, -0.2) is 9.78 Å². The molecule has 0 radical (unpaired) electrons. The average molecular weight is 553 g/mol. The standard InChI is InChI=1S/C35H44N4O2/c1-8-9-14-22-38(35(41)37-32-27(23(2)3)18-15-19-28(32)24(4)5)26(7)33-36-30-20-12-11-17-29(30)34(40)39(33)31-21-13-10-16-25(31)6/h10-13,15-21,23-24,26H,8-9,14,22H2,1-7H3,(H,37,41). The lowest BCUT2D eigenvalue weighted by Crippen LogP contribution is -2.41. The van der Waals surface area contributed by atoms with E-state index in [-0.39, 0.29) is 23.4 Å². The van der Waals surface area contributed by atoms with Crippen molar-refractivity contribution < 1.29 is 4.79 Å². The van der Waals surface area contributed by atoms with Crippen LogP contribution in [0.2, 0.25) is 0 Å². The summed E-state index contributed by atoms with van der Waals surface area (Å²) in [6.07, 6.45) is 2.91. The Bertz CT molecular complexity index is 1540. The lowest BCUT2D eigenvalue weighted by molar-refractivity contribution is 0.187. The number of para-hydroxylation sites is 3. The zero-order chi connectivity index (χ0) is 29.7. The molecule has 0 aliphatic rings. The van der Waals surface area contributed by atoms with Crippen molar-refractivity contribution in [2.24, 2.45) is 0 Å². The number of aromatic nitrogens is 2. The fourth-order valence-electron chi connectivity index (χ4n) is 5.49. The molecular formula is C35H44N4O2. The molecule has 1 atom stereocenters. The van der Waals surface area contributed by atoms with Gasteiger partial charge in [0.1, 0.15) is 5.82 Å². The molecule has 6 nitrogen and oxygen atoms in total. The molecule has 216 valence electrons. The molecule has 3 aromatic carbocycles. The van der Waals surface area contributed by atoms with Crippen LogP contribution in [0.4, 0.5) is 10.5 Å². The molecule has 41 heavy (non-hydrogen) atoms. The number of nitrogens with zero attached hydrogens (tertiary/aromatic N) is 3. The fraction of sp³-hybridized carbons (Fsp3) is 0.400. The van der Waals surface area contributed by atoms with Crippen LogP contribution in [-0.4, -0.2) is 27.0 Å². The number of anilines is 1. The van der Waals surface area contributed by atoms with Crippen molar-refractivity contribution in [3.63, 3.8) is 0 Å². The molecular weight excluding hydrogens is 508 g/mol. The van der Waals surface area contributed by atoms with Gasteiger partial charge in [0.15, 0.2) is 0 Å². The van der Waals surface area contributed by atoms with Crippen molar-refractivity contribution in [3.05, 3.63) is 99.6 Å².